The second kappa shape index (κ2) is 8.02. The highest BCUT2D eigenvalue weighted by Crippen LogP contribution is 2.30. The number of para-hydroxylation sites is 1. The number of anilines is 3. The SMILES string of the molecule is Cc1ccc(S(=O)(=O)Nc2ccc(Nc3c(C)cccc3C(C)C)nc2)cc1. The number of benzene rings is 2. The van der Waals surface area contributed by atoms with Crippen LogP contribution in [0.5, 0.6) is 0 Å². The van der Waals surface area contributed by atoms with Crippen molar-refractivity contribution in [2.75, 3.05) is 10.0 Å². The van der Waals surface area contributed by atoms with Crippen LogP contribution in [-0.4, -0.2) is 13.4 Å². The largest absolute Gasteiger partial charge is 0.340 e. The minimum absolute atomic E-state index is 0.224. The fraction of sp³-hybridized carbons (Fsp3) is 0.227. The number of nitrogens with zero attached hydrogens (tertiary/aromatic N) is 1. The Hall–Kier alpha value is -2.86. The third kappa shape index (κ3) is 4.51. The minimum Gasteiger partial charge on any atom is -0.340 e. The molecule has 0 atom stereocenters. The van der Waals surface area contributed by atoms with Crippen molar-refractivity contribution in [2.24, 2.45) is 0 Å². The molecular formula is C22H25N3O2S. The number of hydrogen-bond acceptors (Lipinski definition) is 4. The molecule has 3 rings (SSSR count). The van der Waals surface area contributed by atoms with Crippen molar-refractivity contribution >= 4 is 27.2 Å². The van der Waals surface area contributed by atoms with Gasteiger partial charge in [-0.15, -0.1) is 0 Å². The van der Waals surface area contributed by atoms with Crippen molar-refractivity contribution in [3.05, 3.63) is 77.5 Å². The molecule has 0 fully saturated rings. The summed E-state index contributed by atoms with van der Waals surface area (Å²) in [4.78, 5) is 4.59. The Labute approximate surface area is 166 Å². The van der Waals surface area contributed by atoms with Gasteiger partial charge in [-0.25, -0.2) is 13.4 Å². The van der Waals surface area contributed by atoms with Gasteiger partial charge in [-0.2, -0.15) is 0 Å². The first-order valence-corrected chi connectivity index (χ1v) is 10.7. The van der Waals surface area contributed by atoms with Crippen LogP contribution < -0.4 is 10.0 Å². The summed E-state index contributed by atoms with van der Waals surface area (Å²) in [7, 11) is -3.64. The van der Waals surface area contributed by atoms with Crippen molar-refractivity contribution in [3.8, 4) is 0 Å². The Bertz CT molecular complexity index is 1060. The van der Waals surface area contributed by atoms with Gasteiger partial charge < -0.3 is 5.32 Å². The molecule has 0 saturated heterocycles. The monoisotopic (exact) mass is 395 g/mol. The van der Waals surface area contributed by atoms with E-state index in [4.69, 9.17) is 0 Å². The van der Waals surface area contributed by atoms with Gasteiger partial charge in [0.25, 0.3) is 10.0 Å². The predicted octanol–water partition coefficient (Wildman–Crippen LogP) is 5.37. The first-order chi connectivity index (χ1) is 13.3. The van der Waals surface area contributed by atoms with Gasteiger partial charge in [0.1, 0.15) is 5.82 Å². The van der Waals surface area contributed by atoms with E-state index in [-0.39, 0.29) is 4.90 Å². The van der Waals surface area contributed by atoms with E-state index in [1.54, 1.807) is 36.4 Å². The molecule has 1 heterocycles. The summed E-state index contributed by atoms with van der Waals surface area (Å²) in [6.45, 7) is 8.27. The highest BCUT2D eigenvalue weighted by Gasteiger charge is 2.14. The Kier molecular flexibility index (Phi) is 5.70. The molecule has 1 aromatic heterocycles. The molecule has 0 spiro atoms. The smallest absolute Gasteiger partial charge is 0.261 e. The molecule has 0 radical (unpaired) electrons. The van der Waals surface area contributed by atoms with Crippen LogP contribution >= 0.6 is 0 Å². The molecule has 0 aliphatic carbocycles. The Morgan fingerprint density at radius 1 is 0.929 bits per heavy atom. The van der Waals surface area contributed by atoms with E-state index in [0.29, 0.717) is 17.4 Å². The highest BCUT2D eigenvalue weighted by atomic mass is 32.2. The van der Waals surface area contributed by atoms with Gasteiger partial charge in [0.15, 0.2) is 0 Å². The predicted molar refractivity (Wildman–Crippen MR) is 115 cm³/mol. The molecule has 6 heteroatoms. The van der Waals surface area contributed by atoms with Gasteiger partial charge in [0.05, 0.1) is 16.8 Å². The summed E-state index contributed by atoms with van der Waals surface area (Å²) in [5.41, 5.74) is 4.81. The summed E-state index contributed by atoms with van der Waals surface area (Å²) in [6, 6.07) is 16.4. The Morgan fingerprint density at radius 2 is 1.64 bits per heavy atom. The number of pyridine rings is 1. The van der Waals surface area contributed by atoms with Gasteiger partial charge in [-0.1, -0.05) is 49.7 Å². The molecule has 3 aromatic rings. The molecular weight excluding hydrogens is 370 g/mol. The molecule has 0 aliphatic rings. The Balaban J connectivity index is 1.79. The Morgan fingerprint density at radius 3 is 2.25 bits per heavy atom. The number of sulfonamides is 1. The third-order valence-electron chi connectivity index (χ3n) is 4.53. The highest BCUT2D eigenvalue weighted by molar-refractivity contribution is 7.92. The molecule has 0 bridgehead atoms. The fourth-order valence-electron chi connectivity index (χ4n) is 2.93. The van der Waals surface area contributed by atoms with E-state index < -0.39 is 10.0 Å². The maximum absolute atomic E-state index is 12.5. The van der Waals surface area contributed by atoms with E-state index in [9.17, 15) is 8.42 Å². The number of hydrogen-bond donors (Lipinski definition) is 2. The summed E-state index contributed by atoms with van der Waals surface area (Å²) >= 11 is 0. The van der Waals surface area contributed by atoms with Gasteiger partial charge in [0, 0.05) is 5.69 Å². The van der Waals surface area contributed by atoms with Gasteiger partial charge >= 0.3 is 0 Å². The van der Waals surface area contributed by atoms with Crippen molar-refractivity contribution in [1.29, 1.82) is 0 Å². The molecule has 28 heavy (non-hydrogen) atoms. The van der Waals surface area contributed by atoms with Gasteiger partial charge in [-0.3, -0.25) is 4.72 Å². The molecule has 2 aromatic carbocycles. The number of rotatable bonds is 6. The lowest BCUT2D eigenvalue weighted by atomic mass is 9.98. The molecule has 146 valence electrons. The normalized spacial score (nSPS) is 11.5. The van der Waals surface area contributed by atoms with Crippen LogP contribution in [0.15, 0.2) is 65.7 Å². The number of aromatic nitrogens is 1. The molecule has 0 unspecified atom stereocenters. The standard InChI is InChI=1S/C22H25N3O2S/c1-15(2)20-7-5-6-17(4)22(20)24-21-13-10-18(14-23-21)25-28(26,27)19-11-8-16(3)9-12-19/h5-15,25H,1-4H3,(H,23,24). The average molecular weight is 396 g/mol. The topological polar surface area (TPSA) is 71.1 Å². The average Bonchev–Trinajstić information content (AvgIpc) is 2.65. The number of nitrogens with one attached hydrogen (secondary N) is 2. The zero-order valence-electron chi connectivity index (χ0n) is 16.5. The first kappa shape index (κ1) is 19.9. The fourth-order valence-corrected chi connectivity index (χ4v) is 3.97. The molecule has 5 nitrogen and oxygen atoms in total. The van der Waals surface area contributed by atoms with E-state index >= 15 is 0 Å². The minimum atomic E-state index is -3.64. The zero-order valence-corrected chi connectivity index (χ0v) is 17.3. The maximum atomic E-state index is 12.5. The lowest BCUT2D eigenvalue weighted by Crippen LogP contribution is -2.13. The quantitative estimate of drug-likeness (QED) is 0.589. The van der Waals surface area contributed by atoms with Crippen molar-refractivity contribution in [1.82, 2.24) is 4.98 Å². The van der Waals surface area contributed by atoms with Crippen LogP contribution in [0.25, 0.3) is 0 Å². The summed E-state index contributed by atoms with van der Waals surface area (Å²) < 4.78 is 27.6. The molecule has 0 amide bonds. The van der Waals surface area contributed by atoms with Crippen LogP contribution in [0.1, 0.15) is 36.5 Å². The molecule has 0 aliphatic heterocycles. The molecule has 0 saturated carbocycles. The number of aryl methyl sites for hydroxylation is 2. The third-order valence-corrected chi connectivity index (χ3v) is 5.92. The van der Waals surface area contributed by atoms with Crippen LogP contribution in [0.4, 0.5) is 17.2 Å². The van der Waals surface area contributed by atoms with E-state index in [2.05, 4.69) is 47.9 Å². The van der Waals surface area contributed by atoms with E-state index in [0.717, 1.165) is 16.8 Å². The van der Waals surface area contributed by atoms with Gasteiger partial charge in [-0.05, 0) is 55.2 Å². The van der Waals surface area contributed by atoms with Crippen LogP contribution in [0.2, 0.25) is 0 Å². The summed E-state index contributed by atoms with van der Waals surface area (Å²) in [6.07, 6.45) is 1.52. The van der Waals surface area contributed by atoms with Crippen LogP contribution in [0.3, 0.4) is 0 Å². The lowest BCUT2D eigenvalue weighted by Gasteiger charge is -2.17. The summed E-state index contributed by atoms with van der Waals surface area (Å²) in [5, 5.41) is 3.36. The van der Waals surface area contributed by atoms with Crippen LogP contribution in [-0.2, 0) is 10.0 Å². The van der Waals surface area contributed by atoms with Crippen LogP contribution in [0, 0.1) is 13.8 Å². The van der Waals surface area contributed by atoms with Gasteiger partial charge in [0.2, 0.25) is 0 Å². The van der Waals surface area contributed by atoms with Crippen molar-refractivity contribution in [2.45, 2.75) is 38.5 Å². The second-order valence-corrected chi connectivity index (χ2v) is 8.85. The van der Waals surface area contributed by atoms with E-state index in [1.165, 1.54) is 11.8 Å². The lowest BCUT2D eigenvalue weighted by molar-refractivity contribution is 0.601. The zero-order chi connectivity index (χ0) is 20.3. The maximum Gasteiger partial charge on any atom is 0.261 e. The van der Waals surface area contributed by atoms with Crippen molar-refractivity contribution in [3.63, 3.8) is 0 Å². The van der Waals surface area contributed by atoms with E-state index in [1.807, 2.05) is 13.0 Å². The first-order valence-electron chi connectivity index (χ1n) is 9.18. The second-order valence-electron chi connectivity index (χ2n) is 7.17. The molecule has 2 N–H and O–H groups in total. The summed E-state index contributed by atoms with van der Waals surface area (Å²) in [5.74, 6) is 1.04. The van der Waals surface area contributed by atoms with Crippen molar-refractivity contribution < 1.29 is 8.42 Å².